The summed E-state index contributed by atoms with van der Waals surface area (Å²) in [6.07, 6.45) is -0.581. The average molecular weight is 242 g/mol. The van der Waals surface area contributed by atoms with Gasteiger partial charge in [0.1, 0.15) is 12.3 Å². The Morgan fingerprint density at radius 3 is 2.88 bits per heavy atom. The summed E-state index contributed by atoms with van der Waals surface area (Å²) in [6, 6.07) is 0. The first-order valence-electron chi connectivity index (χ1n) is 5.29. The summed E-state index contributed by atoms with van der Waals surface area (Å²) in [6.45, 7) is 1.26. The van der Waals surface area contributed by atoms with Crippen LogP contribution in [0.2, 0.25) is 0 Å². The van der Waals surface area contributed by atoms with E-state index in [0.717, 1.165) is 0 Å². The van der Waals surface area contributed by atoms with Crippen LogP contribution < -0.4 is 11.2 Å². The van der Waals surface area contributed by atoms with Gasteiger partial charge in [-0.2, -0.15) is 0 Å². The Hall–Kier alpha value is -1.44. The second kappa shape index (κ2) is 4.44. The fraction of sp³-hybridized carbons (Fsp3) is 0.600. The van der Waals surface area contributed by atoms with Gasteiger partial charge in [-0.25, -0.2) is 4.79 Å². The largest absolute Gasteiger partial charge is 0.394 e. The van der Waals surface area contributed by atoms with Crippen molar-refractivity contribution in [3.8, 4) is 0 Å². The van der Waals surface area contributed by atoms with Crippen LogP contribution in [0.5, 0.6) is 0 Å². The van der Waals surface area contributed by atoms with Crippen LogP contribution in [-0.2, 0) is 4.74 Å². The molecule has 1 aromatic heterocycles. The first-order valence-corrected chi connectivity index (χ1v) is 5.29. The van der Waals surface area contributed by atoms with Gasteiger partial charge in [-0.1, -0.05) is 0 Å². The summed E-state index contributed by atoms with van der Waals surface area (Å²) in [5.41, 5.74) is -0.643. The van der Waals surface area contributed by atoms with Crippen molar-refractivity contribution in [1.29, 1.82) is 0 Å². The lowest BCUT2D eigenvalue weighted by Gasteiger charge is -2.14. The lowest BCUT2D eigenvalue weighted by Crippen LogP contribution is -2.33. The summed E-state index contributed by atoms with van der Waals surface area (Å²) in [5.74, 6) is 0. The zero-order valence-corrected chi connectivity index (χ0v) is 9.29. The van der Waals surface area contributed by atoms with Gasteiger partial charge in [-0.15, -0.1) is 0 Å². The Kier molecular flexibility index (Phi) is 3.14. The van der Waals surface area contributed by atoms with Crippen molar-refractivity contribution >= 4 is 0 Å². The molecule has 0 bridgehead atoms. The molecular formula is C10H14N2O5. The number of aromatic amines is 1. The zero-order chi connectivity index (χ0) is 12.6. The van der Waals surface area contributed by atoms with Gasteiger partial charge in [0.2, 0.25) is 0 Å². The Morgan fingerprint density at radius 2 is 2.29 bits per heavy atom. The first kappa shape index (κ1) is 12.0. The maximum Gasteiger partial charge on any atom is 0.330 e. The minimum absolute atomic E-state index is 0.205. The van der Waals surface area contributed by atoms with Crippen molar-refractivity contribution in [2.75, 3.05) is 6.61 Å². The van der Waals surface area contributed by atoms with E-state index in [4.69, 9.17) is 9.84 Å². The fourth-order valence-electron chi connectivity index (χ4n) is 1.85. The van der Waals surface area contributed by atoms with Gasteiger partial charge < -0.3 is 14.9 Å². The van der Waals surface area contributed by atoms with Crippen LogP contribution in [-0.4, -0.2) is 38.6 Å². The number of aromatic nitrogens is 2. The highest BCUT2D eigenvalue weighted by molar-refractivity contribution is 5.02. The third kappa shape index (κ3) is 2.17. The Labute approximate surface area is 96.3 Å². The van der Waals surface area contributed by atoms with Crippen LogP contribution >= 0.6 is 0 Å². The lowest BCUT2D eigenvalue weighted by molar-refractivity contribution is -0.0459. The van der Waals surface area contributed by atoms with E-state index in [0.29, 0.717) is 5.56 Å². The zero-order valence-electron chi connectivity index (χ0n) is 9.29. The fourth-order valence-corrected chi connectivity index (χ4v) is 1.85. The highest BCUT2D eigenvalue weighted by Crippen LogP contribution is 2.27. The second-order valence-corrected chi connectivity index (χ2v) is 4.09. The van der Waals surface area contributed by atoms with E-state index in [1.54, 1.807) is 6.92 Å². The van der Waals surface area contributed by atoms with Crippen LogP contribution in [0.15, 0.2) is 15.8 Å². The number of nitrogens with one attached hydrogen (secondary N) is 1. The first-order chi connectivity index (χ1) is 8.02. The summed E-state index contributed by atoms with van der Waals surface area (Å²) in [7, 11) is 0. The van der Waals surface area contributed by atoms with E-state index in [-0.39, 0.29) is 13.0 Å². The maximum atomic E-state index is 11.6. The predicted octanol–water partition coefficient (Wildman–Crippen LogP) is -1.51. The number of hydrogen-bond donors (Lipinski definition) is 3. The number of nitrogens with zero attached hydrogens (tertiary/aromatic N) is 1. The molecule has 0 amide bonds. The van der Waals surface area contributed by atoms with Gasteiger partial charge in [0.25, 0.3) is 5.56 Å². The van der Waals surface area contributed by atoms with Crippen LogP contribution in [0.4, 0.5) is 0 Å². The molecule has 1 aliphatic rings. The van der Waals surface area contributed by atoms with Crippen LogP contribution in [0.25, 0.3) is 0 Å². The average Bonchev–Trinajstić information content (AvgIpc) is 2.65. The van der Waals surface area contributed by atoms with Crippen LogP contribution in [0.1, 0.15) is 18.2 Å². The van der Waals surface area contributed by atoms with Gasteiger partial charge >= 0.3 is 5.69 Å². The van der Waals surface area contributed by atoms with E-state index < -0.39 is 29.7 Å². The molecule has 3 atom stereocenters. The molecule has 2 unspecified atom stereocenters. The Balaban J connectivity index is 2.34. The number of hydrogen-bond acceptors (Lipinski definition) is 5. The lowest BCUT2D eigenvalue weighted by atomic mass is 10.2. The highest BCUT2D eigenvalue weighted by Gasteiger charge is 2.34. The molecular weight excluding hydrogens is 228 g/mol. The summed E-state index contributed by atoms with van der Waals surface area (Å²) >= 11 is 0. The molecule has 0 aliphatic carbocycles. The monoisotopic (exact) mass is 242 g/mol. The van der Waals surface area contributed by atoms with E-state index in [9.17, 15) is 14.7 Å². The number of H-pyrrole nitrogens is 1. The standard InChI is InChI=1S/C10H14N2O5/c1-5-3-12(10(16)11-9(5)15)8-2-6(14)7(4-13)17-8/h3,6-8,13-14H,2,4H2,1H3,(H,11,15,16)/t6?,7-,8?/m1/s1. The molecule has 7 heteroatoms. The van der Waals surface area contributed by atoms with E-state index in [1.807, 2.05) is 0 Å². The number of ether oxygens (including phenoxy) is 1. The minimum Gasteiger partial charge on any atom is -0.394 e. The topological polar surface area (TPSA) is 105 Å². The predicted molar refractivity (Wildman–Crippen MR) is 57.7 cm³/mol. The molecule has 3 N–H and O–H groups in total. The molecule has 0 spiro atoms. The van der Waals surface area contributed by atoms with E-state index >= 15 is 0 Å². The molecule has 7 nitrogen and oxygen atoms in total. The van der Waals surface area contributed by atoms with Gasteiger partial charge in [0.05, 0.1) is 12.7 Å². The Bertz CT molecular complexity index is 520. The summed E-state index contributed by atoms with van der Waals surface area (Å²) in [5, 5.41) is 18.5. The molecule has 1 fully saturated rings. The van der Waals surface area contributed by atoms with Crippen molar-refractivity contribution in [1.82, 2.24) is 9.55 Å². The third-order valence-corrected chi connectivity index (χ3v) is 2.84. The smallest absolute Gasteiger partial charge is 0.330 e. The minimum atomic E-state index is -0.816. The molecule has 17 heavy (non-hydrogen) atoms. The van der Waals surface area contributed by atoms with Crippen LogP contribution in [0, 0.1) is 6.92 Å². The van der Waals surface area contributed by atoms with E-state index in [1.165, 1.54) is 10.8 Å². The second-order valence-electron chi connectivity index (χ2n) is 4.09. The number of rotatable bonds is 2. The van der Waals surface area contributed by atoms with Gasteiger partial charge in [0.15, 0.2) is 0 Å². The summed E-state index contributed by atoms with van der Waals surface area (Å²) < 4.78 is 6.54. The normalized spacial score (nSPS) is 28.5. The SMILES string of the molecule is Cc1cn(C2CC(O)[C@@H](CO)O2)c(=O)[nH]c1=O. The third-order valence-electron chi connectivity index (χ3n) is 2.84. The van der Waals surface area contributed by atoms with Gasteiger partial charge in [0, 0.05) is 18.2 Å². The summed E-state index contributed by atoms with van der Waals surface area (Å²) in [4.78, 5) is 24.9. The molecule has 1 aromatic rings. The number of aryl methyl sites for hydroxylation is 1. The van der Waals surface area contributed by atoms with Crippen molar-refractivity contribution < 1.29 is 14.9 Å². The quantitative estimate of drug-likeness (QED) is 0.584. The molecule has 0 aromatic carbocycles. The maximum absolute atomic E-state index is 11.6. The highest BCUT2D eigenvalue weighted by atomic mass is 16.5. The molecule has 1 aliphatic heterocycles. The van der Waals surface area contributed by atoms with Crippen molar-refractivity contribution in [3.05, 3.63) is 32.6 Å². The van der Waals surface area contributed by atoms with Gasteiger partial charge in [-0.3, -0.25) is 14.3 Å². The van der Waals surface area contributed by atoms with Crippen molar-refractivity contribution in [3.63, 3.8) is 0 Å². The number of aliphatic hydroxyl groups excluding tert-OH is 2. The molecule has 0 saturated carbocycles. The molecule has 0 radical (unpaired) electrons. The molecule has 2 rings (SSSR count). The van der Waals surface area contributed by atoms with E-state index in [2.05, 4.69) is 4.98 Å². The van der Waals surface area contributed by atoms with Crippen molar-refractivity contribution in [2.24, 2.45) is 0 Å². The Morgan fingerprint density at radius 1 is 1.59 bits per heavy atom. The molecule has 1 saturated heterocycles. The molecule has 2 heterocycles. The molecule has 94 valence electrons. The number of aliphatic hydroxyl groups is 2. The van der Waals surface area contributed by atoms with Gasteiger partial charge in [-0.05, 0) is 6.92 Å². The van der Waals surface area contributed by atoms with Crippen molar-refractivity contribution in [2.45, 2.75) is 31.8 Å². The van der Waals surface area contributed by atoms with Crippen LogP contribution in [0.3, 0.4) is 0 Å².